The van der Waals surface area contributed by atoms with Crippen molar-refractivity contribution in [2.75, 3.05) is 14.2 Å². The molecule has 1 aromatic heterocycles. The second-order valence-corrected chi connectivity index (χ2v) is 6.97. The van der Waals surface area contributed by atoms with E-state index in [1.165, 1.54) is 12.0 Å². The van der Waals surface area contributed by atoms with Crippen LogP contribution in [0.1, 0.15) is 48.2 Å². The van der Waals surface area contributed by atoms with E-state index < -0.39 is 5.97 Å². The van der Waals surface area contributed by atoms with E-state index in [1.54, 1.807) is 38.2 Å². The van der Waals surface area contributed by atoms with Crippen LogP contribution >= 0.6 is 0 Å². The van der Waals surface area contributed by atoms with Crippen molar-refractivity contribution in [1.82, 2.24) is 4.90 Å². The minimum atomic E-state index is -0.483. The number of nitrogens with zero attached hydrogens (tertiary/aromatic N) is 1. The number of hydrogen-bond acceptors (Lipinski definition) is 5. The van der Waals surface area contributed by atoms with Crippen LogP contribution in [0.4, 0.5) is 0 Å². The summed E-state index contributed by atoms with van der Waals surface area (Å²) in [5.74, 6) is 0.114. The zero-order valence-corrected chi connectivity index (χ0v) is 16.3. The molecule has 0 unspecified atom stereocenters. The second kappa shape index (κ2) is 7.05. The maximum atomic E-state index is 12.9. The Morgan fingerprint density at radius 2 is 1.69 bits per heavy atom. The van der Waals surface area contributed by atoms with E-state index in [0.29, 0.717) is 33.8 Å². The fraction of sp³-hybridized carbons (Fsp3) is 0.174. The first-order chi connectivity index (χ1) is 13.9. The summed E-state index contributed by atoms with van der Waals surface area (Å²) in [4.78, 5) is 38.8. The Labute approximate surface area is 167 Å². The number of hydrogen-bond donors (Lipinski definition) is 0. The van der Waals surface area contributed by atoms with Gasteiger partial charge in [-0.05, 0) is 36.2 Å². The summed E-state index contributed by atoms with van der Waals surface area (Å²) < 4.78 is 10.3. The SMILES string of the molecule is COC(=O)c1cc(CN(C)C(=O)c2ccc3c(c2)C(=O)c2ccccc2-3)oc1C. The zero-order valence-electron chi connectivity index (χ0n) is 16.3. The van der Waals surface area contributed by atoms with Crippen molar-refractivity contribution >= 4 is 17.7 Å². The van der Waals surface area contributed by atoms with Gasteiger partial charge in [0.05, 0.1) is 13.7 Å². The van der Waals surface area contributed by atoms with E-state index in [0.717, 1.165) is 11.1 Å². The number of carbonyl (C=O) groups is 3. The average molecular weight is 389 g/mol. The number of ketones is 1. The third-order valence-electron chi connectivity index (χ3n) is 5.09. The van der Waals surface area contributed by atoms with Gasteiger partial charge >= 0.3 is 5.97 Å². The van der Waals surface area contributed by atoms with Gasteiger partial charge in [-0.1, -0.05) is 30.3 Å². The molecule has 146 valence electrons. The van der Waals surface area contributed by atoms with Crippen molar-refractivity contribution in [1.29, 1.82) is 0 Å². The van der Waals surface area contributed by atoms with Crippen LogP contribution in [0.5, 0.6) is 0 Å². The summed E-state index contributed by atoms with van der Waals surface area (Å²) in [6, 6.07) is 14.2. The van der Waals surface area contributed by atoms with Crippen molar-refractivity contribution in [2.24, 2.45) is 0 Å². The lowest BCUT2D eigenvalue weighted by Crippen LogP contribution is -2.26. The van der Waals surface area contributed by atoms with Crippen molar-refractivity contribution in [3.8, 4) is 11.1 Å². The first-order valence-electron chi connectivity index (χ1n) is 9.12. The van der Waals surface area contributed by atoms with Crippen LogP contribution in [-0.2, 0) is 11.3 Å². The molecule has 6 heteroatoms. The molecule has 0 radical (unpaired) electrons. The van der Waals surface area contributed by atoms with Crippen LogP contribution in [0.15, 0.2) is 52.9 Å². The normalized spacial score (nSPS) is 11.8. The highest BCUT2D eigenvalue weighted by atomic mass is 16.5. The summed E-state index contributed by atoms with van der Waals surface area (Å²) in [7, 11) is 2.94. The number of benzene rings is 2. The minimum absolute atomic E-state index is 0.0720. The number of amides is 1. The molecule has 0 fully saturated rings. The monoisotopic (exact) mass is 389 g/mol. The molecular weight excluding hydrogens is 370 g/mol. The summed E-state index contributed by atoms with van der Waals surface area (Å²) in [6.45, 7) is 1.85. The number of methoxy groups -OCH3 is 1. The quantitative estimate of drug-likeness (QED) is 0.496. The Morgan fingerprint density at radius 3 is 2.41 bits per heavy atom. The molecule has 0 N–H and O–H groups in total. The Bertz CT molecular complexity index is 1160. The summed E-state index contributed by atoms with van der Waals surface area (Å²) >= 11 is 0. The molecule has 1 aliphatic rings. The summed E-state index contributed by atoms with van der Waals surface area (Å²) in [6.07, 6.45) is 0. The predicted octanol–water partition coefficient (Wildman–Crippen LogP) is 3.86. The molecule has 1 amide bonds. The Kier molecular flexibility index (Phi) is 4.54. The topological polar surface area (TPSA) is 76.8 Å². The highest BCUT2D eigenvalue weighted by Gasteiger charge is 2.27. The Morgan fingerprint density at radius 1 is 1.00 bits per heavy atom. The second-order valence-electron chi connectivity index (χ2n) is 6.97. The highest BCUT2D eigenvalue weighted by Crippen LogP contribution is 2.36. The highest BCUT2D eigenvalue weighted by molar-refractivity contribution is 6.22. The molecule has 0 atom stereocenters. The fourth-order valence-corrected chi connectivity index (χ4v) is 3.62. The van der Waals surface area contributed by atoms with Gasteiger partial charge in [0, 0.05) is 23.7 Å². The third-order valence-corrected chi connectivity index (χ3v) is 5.09. The van der Waals surface area contributed by atoms with Crippen LogP contribution in [0.25, 0.3) is 11.1 Å². The fourth-order valence-electron chi connectivity index (χ4n) is 3.62. The molecule has 4 rings (SSSR count). The average Bonchev–Trinajstić information content (AvgIpc) is 3.24. The van der Waals surface area contributed by atoms with Crippen LogP contribution in [0, 0.1) is 6.92 Å². The summed E-state index contributed by atoms with van der Waals surface area (Å²) in [5.41, 5.74) is 3.68. The van der Waals surface area contributed by atoms with Gasteiger partial charge in [0.2, 0.25) is 0 Å². The molecule has 6 nitrogen and oxygen atoms in total. The molecule has 2 aromatic carbocycles. The zero-order chi connectivity index (χ0) is 20.7. The lowest BCUT2D eigenvalue weighted by atomic mass is 10.0. The van der Waals surface area contributed by atoms with E-state index in [1.807, 2.05) is 24.3 Å². The molecule has 3 aromatic rings. The molecule has 29 heavy (non-hydrogen) atoms. The number of ether oxygens (including phenoxy) is 1. The van der Waals surface area contributed by atoms with Gasteiger partial charge in [-0.15, -0.1) is 0 Å². The third kappa shape index (κ3) is 3.12. The van der Waals surface area contributed by atoms with Gasteiger partial charge in [0.25, 0.3) is 5.91 Å². The van der Waals surface area contributed by atoms with Crippen molar-refractivity contribution in [3.63, 3.8) is 0 Å². The van der Waals surface area contributed by atoms with Crippen molar-refractivity contribution in [3.05, 3.63) is 82.3 Å². The molecule has 0 aliphatic heterocycles. The minimum Gasteiger partial charge on any atom is -0.465 e. The van der Waals surface area contributed by atoms with Gasteiger partial charge in [-0.25, -0.2) is 4.79 Å². The number of fused-ring (bicyclic) bond motifs is 3. The van der Waals surface area contributed by atoms with E-state index in [2.05, 4.69) is 0 Å². The first-order valence-corrected chi connectivity index (χ1v) is 9.12. The van der Waals surface area contributed by atoms with Gasteiger partial charge in [0.1, 0.15) is 17.1 Å². The van der Waals surface area contributed by atoms with Gasteiger partial charge < -0.3 is 14.1 Å². The van der Waals surface area contributed by atoms with E-state index >= 15 is 0 Å². The summed E-state index contributed by atoms with van der Waals surface area (Å²) in [5, 5.41) is 0. The van der Waals surface area contributed by atoms with Crippen molar-refractivity contribution in [2.45, 2.75) is 13.5 Å². The van der Waals surface area contributed by atoms with Gasteiger partial charge in [-0.2, -0.15) is 0 Å². The molecule has 1 heterocycles. The number of rotatable bonds is 4. The van der Waals surface area contributed by atoms with Crippen LogP contribution < -0.4 is 0 Å². The Hall–Kier alpha value is -3.67. The van der Waals surface area contributed by atoms with Crippen molar-refractivity contribution < 1.29 is 23.5 Å². The van der Waals surface area contributed by atoms with Crippen LogP contribution in [-0.4, -0.2) is 36.7 Å². The maximum absolute atomic E-state index is 12.9. The molecular formula is C23H19NO5. The standard InChI is InChI=1S/C23H19NO5/c1-13-19(23(27)28-3)11-15(29-13)12-24(2)22(26)14-8-9-17-16-6-4-5-7-18(16)21(25)20(17)10-14/h4-11H,12H2,1-3H3. The molecule has 0 saturated carbocycles. The predicted molar refractivity (Wildman–Crippen MR) is 106 cm³/mol. The molecule has 0 spiro atoms. The van der Waals surface area contributed by atoms with E-state index in [-0.39, 0.29) is 18.2 Å². The molecule has 0 bridgehead atoms. The maximum Gasteiger partial charge on any atom is 0.341 e. The number of aryl methyl sites for hydroxylation is 1. The number of esters is 1. The first kappa shape index (κ1) is 18.7. The van der Waals surface area contributed by atoms with Gasteiger partial charge in [-0.3, -0.25) is 9.59 Å². The number of furan rings is 1. The number of carbonyl (C=O) groups excluding carboxylic acids is 3. The molecule has 1 aliphatic carbocycles. The Balaban J connectivity index is 1.57. The lowest BCUT2D eigenvalue weighted by molar-refractivity contribution is 0.0598. The van der Waals surface area contributed by atoms with Gasteiger partial charge in [0.15, 0.2) is 5.78 Å². The lowest BCUT2D eigenvalue weighted by Gasteiger charge is -2.16. The van der Waals surface area contributed by atoms with Crippen LogP contribution in [0.3, 0.4) is 0 Å². The largest absolute Gasteiger partial charge is 0.465 e. The van der Waals surface area contributed by atoms with E-state index in [9.17, 15) is 14.4 Å². The van der Waals surface area contributed by atoms with E-state index in [4.69, 9.17) is 9.15 Å². The van der Waals surface area contributed by atoms with Crippen LogP contribution in [0.2, 0.25) is 0 Å². The smallest absolute Gasteiger partial charge is 0.341 e. The molecule has 0 saturated heterocycles.